The highest BCUT2D eigenvalue weighted by molar-refractivity contribution is 5.73. The topological polar surface area (TPSA) is 56.8 Å². The lowest BCUT2D eigenvalue weighted by Crippen LogP contribution is -2.40. The van der Waals surface area contributed by atoms with Gasteiger partial charge in [-0.25, -0.2) is 4.79 Å². The molecule has 0 radical (unpaired) electrons. The average molecular weight is 397 g/mol. The van der Waals surface area contributed by atoms with Crippen molar-refractivity contribution in [1.82, 2.24) is 20.4 Å². The zero-order chi connectivity index (χ0) is 20.5. The molecule has 1 saturated heterocycles. The van der Waals surface area contributed by atoms with E-state index < -0.39 is 0 Å². The Morgan fingerprint density at radius 1 is 1.03 bits per heavy atom. The molecule has 156 valence electrons. The molecule has 2 N–H and O–H groups in total. The number of urea groups is 1. The van der Waals surface area contributed by atoms with E-state index in [1.165, 1.54) is 11.1 Å². The highest BCUT2D eigenvalue weighted by atomic mass is 16.5. The van der Waals surface area contributed by atoms with Crippen LogP contribution >= 0.6 is 0 Å². The lowest BCUT2D eigenvalue weighted by molar-refractivity contribution is 0.0342. The van der Waals surface area contributed by atoms with E-state index in [-0.39, 0.29) is 12.1 Å². The molecule has 1 atom stereocenters. The molecule has 1 heterocycles. The minimum atomic E-state index is -0.147. The number of likely N-dealkylation sites (N-methyl/N-ethyl adjacent to an activating group) is 1. The summed E-state index contributed by atoms with van der Waals surface area (Å²) in [5.41, 5.74) is 3.56. The largest absolute Gasteiger partial charge is 0.379 e. The van der Waals surface area contributed by atoms with Gasteiger partial charge in [-0.1, -0.05) is 54.6 Å². The van der Waals surface area contributed by atoms with E-state index in [9.17, 15) is 4.79 Å². The first kappa shape index (κ1) is 21.3. The van der Waals surface area contributed by atoms with E-state index in [1.807, 2.05) is 32.3 Å². The van der Waals surface area contributed by atoms with Crippen molar-refractivity contribution >= 4 is 6.03 Å². The smallest absolute Gasteiger partial charge is 0.315 e. The number of nitrogens with one attached hydrogen (secondary N) is 2. The number of amides is 2. The number of nitrogens with zero attached hydrogens (tertiary/aromatic N) is 2. The van der Waals surface area contributed by atoms with Crippen molar-refractivity contribution in [2.75, 3.05) is 46.9 Å². The highest BCUT2D eigenvalue weighted by Gasteiger charge is 2.15. The quantitative estimate of drug-likeness (QED) is 0.720. The lowest BCUT2D eigenvalue weighted by Gasteiger charge is -2.26. The molecule has 2 aromatic rings. The molecule has 1 unspecified atom stereocenters. The molecule has 2 amide bonds. The van der Waals surface area contributed by atoms with Gasteiger partial charge >= 0.3 is 6.03 Å². The Bertz CT molecular complexity index is 760. The van der Waals surface area contributed by atoms with E-state index in [0.717, 1.165) is 38.4 Å². The summed E-state index contributed by atoms with van der Waals surface area (Å²) in [5, 5.41) is 5.97. The molecular weight excluding hydrogens is 364 g/mol. The van der Waals surface area contributed by atoms with Crippen molar-refractivity contribution in [1.29, 1.82) is 0 Å². The van der Waals surface area contributed by atoms with Gasteiger partial charge in [-0.15, -0.1) is 0 Å². The Labute approximate surface area is 173 Å². The Balaban J connectivity index is 1.47. The molecule has 2 aromatic carbocycles. The first-order valence-corrected chi connectivity index (χ1v) is 10.2. The Morgan fingerprint density at radius 3 is 2.48 bits per heavy atom. The number of morpholine rings is 1. The van der Waals surface area contributed by atoms with E-state index in [1.54, 1.807) is 0 Å². The molecule has 29 heavy (non-hydrogen) atoms. The Hall–Kier alpha value is -2.41. The van der Waals surface area contributed by atoms with E-state index in [4.69, 9.17) is 4.74 Å². The van der Waals surface area contributed by atoms with Gasteiger partial charge in [-0.3, -0.25) is 4.90 Å². The van der Waals surface area contributed by atoms with Gasteiger partial charge in [-0.2, -0.15) is 0 Å². The third kappa shape index (κ3) is 6.85. The molecule has 1 fully saturated rings. The summed E-state index contributed by atoms with van der Waals surface area (Å²) in [6.45, 7) is 5.54. The average Bonchev–Trinajstić information content (AvgIpc) is 2.74. The fourth-order valence-corrected chi connectivity index (χ4v) is 3.56. The number of benzene rings is 2. The normalized spacial score (nSPS) is 15.8. The van der Waals surface area contributed by atoms with Crippen LogP contribution in [0.5, 0.6) is 0 Å². The fraction of sp³-hybridized carbons (Fsp3) is 0.435. The zero-order valence-electron chi connectivity index (χ0n) is 17.4. The zero-order valence-corrected chi connectivity index (χ0v) is 17.4. The van der Waals surface area contributed by atoms with Gasteiger partial charge in [0.1, 0.15) is 0 Å². The van der Waals surface area contributed by atoms with Crippen LogP contribution in [-0.2, 0) is 17.8 Å². The van der Waals surface area contributed by atoms with Gasteiger partial charge in [0.2, 0.25) is 0 Å². The van der Waals surface area contributed by atoms with E-state index in [2.05, 4.69) is 56.8 Å². The van der Waals surface area contributed by atoms with Crippen molar-refractivity contribution in [3.05, 3.63) is 71.3 Å². The van der Waals surface area contributed by atoms with Gasteiger partial charge < -0.3 is 20.3 Å². The molecule has 0 bridgehead atoms. The van der Waals surface area contributed by atoms with Crippen LogP contribution in [-0.4, -0.2) is 62.8 Å². The summed E-state index contributed by atoms with van der Waals surface area (Å²) in [7, 11) is 4.05. The molecular formula is C23H32N4O2. The predicted molar refractivity (Wildman–Crippen MR) is 116 cm³/mol. The molecule has 6 heteroatoms. The van der Waals surface area contributed by atoms with Crippen molar-refractivity contribution in [3.8, 4) is 0 Å². The van der Waals surface area contributed by atoms with Gasteiger partial charge in [0.05, 0.1) is 19.3 Å². The first-order valence-electron chi connectivity index (χ1n) is 10.2. The standard InChI is InChI=1S/C23H32N4O2/c1-26(2)22(21-9-4-3-5-10-21)17-25-23(28)24-16-19-7-6-8-20(15-19)18-27-11-13-29-14-12-27/h3-10,15,22H,11-14,16-18H2,1-2H3,(H2,24,25,28). The minimum absolute atomic E-state index is 0.138. The van der Waals surface area contributed by atoms with Crippen LogP contribution in [0.2, 0.25) is 0 Å². The summed E-state index contributed by atoms with van der Waals surface area (Å²) in [6, 6.07) is 18.6. The Kier molecular flexibility index (Phi) is 8.04. The van der Waals surface area contributed by atoms with Crippen LogP contribution in [0.1, 0.15) is 22.7 Å². The highest BCUT2D eigenvalue weighted by Crippen LogP contribution is 2.16. The summed E-state index contributed by atoms with van der Waals surface area (Å²) in [6.07, 6.45) is 0. The summed E-state index contributed by atoms with van der Waals surface area (Å²) < 4.78 is 5.41. The molecule has 1 aliphatic heterocycles. The summed E-state index contributed by atoms with van der Waals surface area (Å²) in [5.74, 6) is 0. The molecule has 0 aromatic heterocycles. The second kappa shape index (κ2) is 11.0. The van der Waals surface area contributed by atoms with Crippen LogP contribution < -0.4 is 10.6 Å². The predicted octanol–water partition coefficient (Wildman–Crippen LogP) is 2.62. The first-order chi connectivity index (χ1) is 14.1. The maximum atomic E-state index is 12.3. The van der Waals surface area contributed by atoms with Crippen LogP contribution in [0.4, 0.5) is 4.79 Å². The summed E-state index contributed by atoms with van der Waals surface area (Å²) >= 11 is 0. The molecule has 0 saturated carbocycles. The van der Waals surface area contributed by atoms with Gasteiger partial charge in [0.15, 0.2) is 0 Å². The van der Waals surface area contributed by atoms with Crippen molar-refractivity contribution in [2.24, 2.45) is 0 Å². The SMILES string of the molecule is CN(C)C(CNC(=O)NCc1cccc(CN2CCOCC2)c1)c1ccccc1. The maximum absolute atomic E-state index is 12.3. The van der Waals surface area contributed by atoms with Gasteiger partial charge in [0.25, 0.3) is 0 Å². The number of rotatable bonds is 8. The number of carbonyl (C=O) groups excluding carboxylic acids is 1. The number of hydrogen-bond donors (Lipinski definition) is 2. The molecule has 3 rings (SSSR count). The third-order valence-corrected chi connectivity index (χ3v) is 5.22. The second-order valence-corrected chi connectivity index (χ2v) is 7.66. The number of carbonyl (C=O) groups is 1. The summed E-state index contributed by atoms with van der Waals surface area (Å²) in [4.78, 5) is 16.8. The maximum Gasteiger partial charge on any atom is 0.315 e. The molecule has 6 nitrogen and oxygen atoms in total. The van der Waals surface area contributed by atoms with Gasteiger partial charge in [-0.05, 0) is 30.8 Å². The Morgan fingerprint density at radius 2 is 1.76 bits per heavy atom. The van der Waals surface area contributed by atoms with Crippen molar-refractivity contribution in [2.45, 2.75) is 19.1 Å². The van der Waals surface area contributed by atoms with Crippen LogP contribution in [0.3, 0.4) is 0 Å². The van der Waals surface area contributed by atoms with Crippen LogP contribution in [0.25, 0.3) is 0 Å². The van der Waals surface area contributed by atoms with Crippen LogP contribution in [0, 0.1) is 0 Å². The number of hydrogen-bond acceptors (Lipinski definition) is 4. The fourth-order valence-electron chi connectivity index (χ4n) is 3.56. The monoisotopic (exact) mass is 396 g/mol. The molecule has 0 aliphatic carbocycles. The second-order valence-electron chi connectivity index (χ2n) is 7.66. The van der Waals surface area contributed by atoms with Crippen molar-refractivity contribution < 1.29 is 9.53 Å². The van der Waals surface area contributed by atoms with Crippen LogP contribution in [0.15, 0.2) is 54.6 Å². The van der Waals surface area contributed by atoms with Gasteiger partial charge in [0, 0.05) is 32.7 Å². The third-order valence-electron chi connectivity index (χ3n) is 5.22. The molecule has 0 spiro atoms. The van der Waals surface area contributed by atoms with E-state index in [0.29, 0.717) is 13.1 Å². The van der Waals surface area contributed by atoms with Crippen molar-refractivity contribution in [3.63, 3.8) is 0 Å². The number of ether oxygens (including phenoxy) is 1. The molecule has 1 aliphatic rings. The van der Waals surface area contributed by atoms with E-state index >= 15 is 0 Å². The minimum Gasteiger partial charge on any atom is -0.379 e. The lowest BCUT2D eigenvalue weighted by atomic mass is 10.1.